The van der Waals surface area contributed by atoms with Crippen LogP contribution in [0.3, 0.4) is 0 Å². The Morgan fingerprint density at radius 2 is 2.00 bits per heavy atom. The number of allylic oxidation sites excluding steroid dienone is 1. The number of aliphatic hydroxyl groups is 1. The minimum absolute atomic E-state index is 0.241. The van der Waals surface area contributed by atoms with Gasteiger partial charge in [0.25, 0.3) is 0 Å². The Labute approximate surface area is 83.9 Å². The molecule has 1 nitrogen and oxygen atoms in total. The number of hydrogen-bond donors (Lipinski definition) is 1. The number of rotatable bonds is 5. The molecular formula is C12H15FO. The van der Waals surface area contributed by atoms with Gasteiger partial charge in [-0.3, -0.25) is 0 Å². The number of halogens is 1. The average molecular weight is 194 g/mol. The molecule has 1 aromatic carbocycles. The topological polar surface area (TPSA) is 20.2 Å². The second-order valence-corrected chi connectivity index (χ2v) is 3.35. The van der Waals surface area contributed by atoms with Crippen LogP contribution in [0.1, 0.15) is 18.4 Å². The smallest absolute Gasteiger partial charge is 0.123 e. The van der Waals surface area contributed by atoms with E-state index in [-0.39, 0.29) is 11.9 Å². The number of benzene rings is 1. The molecule has 1 N–H and O–H groups in total. The van der Waals surface area contributed by atoms with Crippen molar-refractivity contribution in [3.05, 3.63) is 48.3 Å². The first-order valence-electron chi connectivity index (χ1n) is 4.76. The molecule has 1 unspecified atom stereocenters. The molecule has 0 saturated carbocycles. The standard InChI is InChI=1S/C12H15FO/c1-2-3-4-12(14)9-10-5-7-11(13)8-6-10/h2,5-8,12,14H,1,3-4,9H2. The van der Waals surface area contributed by atoms with Crippen LogP contribution in [0.5, 0.6) is 0 Å². The molecule has 1 aromatic rings. The maximum Gasteiger partial charge on any atom is 0.123 e. The van der Waals surface area contributed by atoms with E-state index in [0.29, 0.717) is 12.8 Å². The highest BCUT2D eigenvalue weighted by atomic mass is 19.1. The lowest BCUT2D eigenvalue weighted by Crippen LogP contribution is -2.09. The van der Waals surface area contributed by atoms with Gasteiger partial charge in [-0.15, -0.1) is 6.58 Å². The average Bonchev–Trinajstić information content (AvgIpc) is 2.18. The van der Waals surface area contributed by atoms with E-state index in [4.69, 9.17) is 0 Å². The summed E-state index contributed by atoms with van der Waals surface area (Å²) in [7, 11) is 0. The fourth-order valence-electron chi connectivity index (χ4n) is 1.30. The molecule has 14 heavy (non-hydrogen) atoms. The van der Waals surface area contributed by atoms with Crippen LogP contribution in [0, 0.1) is 5.82 Å². The van der Waals surface area contributed by atoms with Crippen LogP contribution < -0.4 is 0 Å². The Kier molecular flexibility index (Phi) is 4.33. The highest BCUT2D eigenvalue weighted by Gasteiger charge is 2.04. The van der Waals surface area contributed by atoms with Gasteiger partial charge in [0.2, 0.25) is 0 Å². The van der Waals surface area contributed by atoms with Crippen molar-refractivity contribution in [3.8, 4) is 0 Å². The van der Waals surface area contributed by atoms with Crippen molar-refractivity contribution in [1.29, 1.82) is 0 Å². The van der Waals surface area contributed by atoms with E-state index >= 15 is 0 Å². The van der Waals surface area contributed by atoms with Gasteiger partial charge in [-0.25, -0.2) is 4.39 Å². The van der Waals surface area contributed by atoms with Crippen LogP contribution in [-0.2, 0) is 6.42 Å². The van der Waals surface area contributed by atoms with Crippen LogP contribution in [-0.4, -0.2) is 11.2 Å². The van der Waals surface area contributed by atoms with Crippen LogP contribution >= 0.6 is 0 Å². The van der Waals surface area contributed by atoms with Gasteiger partial charge in [-0.2, -0.15) is 0 Å². The Balaban J connectivity index is 2.43. The molecule has 0 fully saturated rings. The summed E-state index contributed by atoms with van der Waals surface area (Å²) in [6, 6.07) is 6.23. The molecule has 1 atom stereocenters. The third-order valence-corrected chi connectivity index (χ3v) is 2.09. The molecule has 0 saturated heterocycles. The molecule has 0 amide bonds. The van der Waals surface area contributed by atoms with Gasteiger partial charge in [-0.05, 0) is 37.0 Å². The normalized spacial score (nSPS) is 12.4. The molecule has 0 aliphatic rings. The fraction of sp³-hybridized carbons (Fsp3) is 0.333. The molecule has 0 aliphatic heterocycles. The number of aliphatic hydroxyl groups excluding tert-OH is 1. The summed E-state index contributed by atoms with van der Waals surface area (Å²) in [5, 5.41) is 9.56. The summed E-state index contributed by atoms with van der Waals surface area (Å²) in [5.41, 5.74) is 0.961. The highest BCUT2D eigenvalue weighted by Crippen LogP contribution is 2.08. The zero-order valence-corrected chi connectivity index (χ0v) is 8.12. The first-order chi connectivity index (χ1) is 6.72. The van der Waals surface area contributed by atoms with Gasteiger partial charge in [0.05, 0.1) is 6.10 Å². The summed E-state index contributed by atoms with van der Waals surface area (Å²) in [5.74, 6) is -0.241. The first-order valence-corrected chi connectivity index (χ1v) is 4.76. The molecule has 1 rings (SSSR count). The quantitative estimate of drug-likeness (QED) is 0.714. The molecule has 0 heterocycles. The third kappa shape index (κ3) is 3.71. The Bertz CT molecular complexity index is 279. The summed E-state index contributed by atoms with van der Waals surface area (Å²) >= 11 is 0. The van der Waals surface area contributed by atoms with Gasteiger partial charge in [0, 0.05) is 0 Å². The monoisotopic (exact) mass is 194 g/mol. The lowest BCUT2D eigenvalue weighted by Gasteiger charge is -2.08. The Morgan fingerprint density at radius 3 is 2.57 bits per heavy atom. The summed E-state index contributed by atoms with van der Waals surface area (Å²) in [4.78, 5) is 0. The van der Waals surface area contributed by atoms with Crippen LogP contribution in [0.15, 0.2) is 36.9 Å². The predicted molar refractivity (Wildman–Crippen MR) is 55.5 cm³/mol. The molecule has 0 radical (unpaired) electrons. The van der Waals surface area contributed by atoms with Crippen LogP contribution in [0.25, 0.3) is 0 Å². The molecule has 2 heteroatoms. The van der Waals surface area contributed by atoms with Crippen molar-refractivity contribution in [2.45, 2.75) is 25.4 Å². The summed E-state index contributed by atoms with van der Waals surface area (Å²) < 4.78 is 12.6. The first kappa shape index (κ1) is 10.9. The van der Waals surface area contributed by atoms with E-state index in [1.165, 1.54) is 12.1 Å². The van der Waals surface area contributed by atoms with Crippen LogP contribution in [0.4, 0.5) is 4.39 Å². The Hall–Kier alpha value is -1.15. The highest BCUT2D eigenvalue weighted by molar-refractivity contribution is 5.16. The Morgan fingerprint density at radius 1 is 1.36 bits per heavy atom. The van der Waals surface area contributed by atoms with Crippen molar-refractivity contribution in [1.82, 2.24) is 0 Å². The van der Waals surface area contributed by atoms with Gasteiger partial charge in [0.15, 0.2) is 0 Å². The van der Waals surface area contributed by atoms with E-state index < -0.39 is 0 Å². The molecule has 0 bridgehead atoms. The summed E-state index contributed by atoms with van der Waals surface area (Å²) in [6.45, 7) is 3.59. The zero-order chi connectivity index (χ0) is 10.4. The molecule has 0 spiro atoms. The van der Waals surface area contributed by atoms with Gasteiger partial charge in [0.1, 0.15) is 5.82 Å². The minimum Gasteiger partial charge on any atom is -0.393 e. The van der Waals surface area contributed by atoms with E-state index in [0.717, 1.165) is 12.0 Å². The number of hydrogen-bond acceptors (Lipinski definition) is 1. The SMILES string of the molecule is C=CCCC(O)Cc1ccc(F)cc1. The van der Waals surface area contributed by atoms with E-state index in [2.05, 4.69) is 6.58 Å². The maximum absolute atomic E-state index is 12.6. The van der Waals surface area contributed by atoms with Gasteiger partial charge in [-0.1, -0.05) is 18.2 Å². The third-order valence-electron chi connectivity index (χ3n) is 2.09. The molecule has 0 aliphatic carbocycles. The van der Waals surface area contributed by atoms with E-state index in [1.807, 2.05) is 0 Å². The second kappa shape index (κ2) is 5.55. The van der Waals surface area contributed by atoms with Crippen molar-refractivity contribution >= 4 is 0 Å². The van der Waals surface area contributed by atoms with Crippen molar-refractivity contribution in [2.24, 2.45) is 0 Å². The lowest BCUT2D eigenvalue weighted by molar-refractivity contribution is 0.166. The largest absolute Gasteiger partial charge is 0.393 e. The molecular weight excluding hydrogens is 179 g/mol. The predicted octanol–water partition coefficient (Wildman–Crippen LogP) is 2.70. The summed E-state index contributed by atoms with van der Waals surface area (Å²) in [6.07, 6.45) is 3.52. The maximum atomic E-state index is 12.6. The van der Waals surface area contributed by atoms with Crippen molar-refractivity contribution in [3.63, 3.8) is 0 Å². The zero-order valence-electron chi connectivity index (χ0n) is 8.12. The molecule has 76 valence electrons. The van der Waals surface area contributed by atoms with Crippen molar-refractivity contribution in [2.75, 3.05) is 0 Å². The lowest BCUT2D eigenvalue weighted by atomic mass is 10.0. The van der Waals surface area contributed by atoms with Gasteiger partial charge >= 0.3 is 0 Å². The van der Waals surface area contributed by atoms with Gasteiger partial charge < -0.3 is 5.11 Å². The van der Waals surface area contributed by atoms with Crippen molar-refractivity contribution < 1.29 is 9.50 Å². The van der Waals surface area contributed by atoms with Crippen LogP contribution in [0.2, 0.25) is 0 Å². The van der Waals surface area contributed by atoms with E-state index in [9.17, 15) is 9.50 Å². The fourth-order valence-corrected chi connectivity index (χ4v) is 1.30. The second-order valence-electron chi connectivity index (χ2n) is 3.35. The van der Waals surface area contributed by atoms with E-state index in [1.54, 1.807) is 18.2 Å². The molecule has 0 aromatic heterocycles. The minimum atomic E-state index is -0.363.